The van der Waals surface area contributed by atoms with Crippen LogP contribution in [0, 0.1) is 0 Å². The molecule has 7 heteroatoms. The number of carbonyl (C=O) groups is 1. The quantitative estimate of drug-likeness (QED) is 0.733. The topological polar surface area (TPSA) is 50.8 Å². The largest absolute Gasteiger partial charge is 0.486 e. The van der Waals surface area contributed by atoms with Gasteiger partial charge in [-0.05, 0) is 36.9 Å². The van der Waals surface area contributed by atoms with E-state index in [1.807, 2.05) is 24.3 Å². The van der Waals surface area contributed by atoms with Crippen molar-refractivity contribution >= 4 is 34.8 Å². The number of nitrogens with one attached hydrogen (secondary N) is 1. The van der Waals surface area contributed by atoms with Crippen molar-refractivity contribution in [3.63, 3.8) is 0 Å². The van der Waals surface area contributed by atoms with E-state index in [4.69, 9.17) is 32.7 Å². The van der Waals surface area contributed by atoms with Gasteiger partial charge in [-0.15, -0.1) is 0 Å². The van der Waals surface area contributed by atoms with Crippen molar-refractivity contribution in [2.75, 3.05) is 31.6 Å². The number of halogens is 2. The van der Waals surface area contributed by atoms with Crippen LogP contribution in [0.25, 0.3) is 0 Å². The van der Waals surface area contributed by atoms with Crippen molar-refractivity contribution in [1.29, 1.82) is 0 Å². The van der Waals surface area contributed by atoms with Gasteiger partial charge in [0.1, 0.15) is 12.7 Å². The third-order valence-corrected chi connectivity index (χ3v) is 4.90. The van der Waals surface area contributed by atoms with Gasteiger partial charge in [-0.25, -0.2) is 0 Å². The maximum absolute atomic E-state index is 12.3. The molecular formula is C20H22Cl2N2O3. The Morgan fingerprint density at radius 3 is 2.78 bits per heavy atom. The van der Waals surface area contributed by atoms with E-state index in [0.717, 1.165) is 18.0 Å². The summed E-state index contributed by atoms with van der Waals surface area (Å²) in [5.74, 6) is 1.43. The summed E-state index contributed by atoms with van der Waals surface area (Å²) < 4.78 is 11.7. The van der Waals surface area contributed by atoms with Crippen LogP contribution in [0.1, 0.15) is 13.3 Å². The lowest BCUT2D eigenvalue weighted by atomic mass is 10.2. The van der Waals surface area contributed by atoms with Gasteiger partial charge in [-0.3, -0.25) is 9.69 Å². The second kappa shape index (κ2) is 9.31. The minimum absolute atomic E-state index is 0.0646. The minimum Gasteiger partial charge on any atom is -0.486 e. The Kier molecular flexibility index (Phi) is 6.83. The van der Waals surface area contributed by atoms with Gasteiger partial charge in [0, 0.05) is 24.5 Å². The molecule has 144 valence electrons. The van der Waals surface area contributed by atoms with Crippen LogP contribution < -0.4 is 14.8 Å². The van der Waals surface area contributed by atoms with Crippen LogP contribution in [0.2, 0.25) is 10.0 Å². The molecule has 0 unspecified atom stereocenters. The Labute approximate surface area is 169 Å². The molecule has 1 amide bonds. The summed E-state index contributed by atoms with van der Waals surface area (Å²) in [5, 5.41) is 3.80. The van der Waals surface area contributed by atoms with E-state index >= 15 is 0 Å². The highest BCUT2D eigenvalue weighted by Crippen LogP contribution is 2.31. The number of fused-ring (bicyclic) bond motifs is 1. The summed E-state index contributed by atoms with van der Waals surface area (Å²) in [6, 6.07) is 12.6. The average Bonchev–Trinajstić information content (AvgIpc) is 2.68. The minimum atomic E-state index is -0.108. The van der Waals surface area contributed by atoms with Crippen molar-refractivity contribution in [2.24, 2.45) is 0 Å². The van der Waals surface area contributed by atoms with Crippen molar-refractivity contribution in [3.8, 4) is 11.5 Å². The molecule has 1 aliphatic heterocycles. The van der Waals surface area contributed by atoms with Gasteiger partial charge in [-0.2, -0.15) is 0 Å². The third-order valence-electron chi connectivity index (χ3n) is 4.33. The highest BCUT2D eigenvalue weighted by Gasteiger charge is 2.22. The molecule has 0 radical (unpaired) electrons. The molecule has 0 aliphatic carbocycles. The fraction of sp³-hybridized carbons (Fsp3) is 0.350. The normalized spacial score (nSPS) is 15.6. The van der Waals surface area contributed by atoms with Crippen molar-refractivity contribution in [2.45, 2.75) is 19.4 Å². The van der Waals surface area contributed by atoms with Crippen molar-refractivity contribution < 1.29 is 14.3 Å². The third kappa shape index (κ3) is 5.51. The molecule has 0 saturated heterocycles. The van der Waals surface area contributed by atoms with E-state index in [0.29, 0.717) is 41.8 Å². The van der Waals surface area contributed by atoms with Gasteiger partial charge >= 0.3 is 0 Å². The van der Waals surface area contributed by atoms with E-state index in [9.17, 15) is 4.79 Å². The number of carbonyl (C=O) groups excluding carboxylic acids is 1. The predicted octanol–water partition coefficient (Wildman–Crippen LogP) is 4.48. The lowest BCUT2D eigenvalue weighted by Crippen LogP contribution is -2.41. The molecule has 1 atom stereocenters. The Bertz CT molecular complexity index is 801. The number of hydrogen-bond acceptors (Lipinski definition) is 4. The Balaban J connectivity index is 1.49. The molecule has 0 aromatic heterocycles. The smallest absolute Gasteiger partial charge is 0.225 e. The van der Waals surface area contributed by atoms with Crippen LogP contribution in [0.15, 0.2) is 42.5 Å². The Morgan fingerprint density at radius 2 is 2.00 bits per heavy atom. The van der Waals surface area contributed by atoms with Gasteiger partial charge in [0.15, 0.2) is 11.5 Å². The summed E-state index contributed by atoms with van der Waals surface area (Å²) in [6.07, 6.45) is 0.284. The second-order valence-electron chi connectivity index (χ2n) is 6.31. The van der Waals surface area contributed by atoms with Crippen LogP contribution in [0.4, 0.5) is 5.69 Å². The molecule has 0 spiro atoms. The van der Waals surface area contributed by atoms with Gasteiger partial charge in [0.25, 0.3) is 0 Å². The van der Waals surface area contributed by atoms with Crippen LogP contribution >= 0.6 is 23.2 Å². The molecule has 1 aliphatic rings. The molecule has 0 fully saturated rings. The fourth-order valence-corrected chi connectivity index (χ4v) is 3.22. The zero-order valence-corrected chi connectivity index (χ0v) is 16.6. The maximum Gasteiger partial charge on any atom is 0.225 e. The molecular weight excluding hydrogens is 387 g/mol. The molecule has 1 heterocycles. The van der Waals surface area contributed by atoms with E-state index in [-0.39, 0.29) is 12.0 Å². The summed E-state index contributed by atoms with van der Waals surface area (Å²) in [6.45, 7) is 4.67. The van der Waals surface area contributed by atoms with E-state index in [1.165, 1.54) is 0 Å². The number of anilines is 1. The first-order valence-electron chi connectivity index (χ1n) is 8.91. The predicted molar refractivity (Wildman–Crippen MR) is 108 cm³/mol. The highest BCUT2D eigenvalue weighted by molar-refractivity contribution is 6.35. The van der Waals surface area contributed by atoms with E-state index < -0.39 is 0 Å². The molecule has 1 N–H and O–H groups in total. The number of nitrogens with zero attached hydrogens (tertiary/aromatic N) is 1. The molecule has 0 saturated carbocycles. The Hall–Kier alpha value is -1.95. The summed E-state index contributed by atoms with van der Waals surface area (Å²) in [7, 11) is 0. The monoisotopic (exact) mass is 408 g/mol. The van der Waals surface area contributed by atoms with Gasteiger partial charge < -0.3 is 14.8 Å². The second-order valence-corrected chi connectivity index (χ2v) is 7.16. The van der Waals surface area contributed by atoms with Crippen molar-refractivity contribution in [1.82, 2.24) is 4.90 Å². The molecule has 27 heavy (non-hydrogen) atoms. The fourth-order valence-electron chi connectivity index (χ4n) is 2.89. The molecule has 0 bridgehead atoms. The summed E-state index contributed by atoms with van der Waals surface area (Å²) in [4.78, 5) is 14.4. The van der Waals surface area contributed by atoms with Crippen LogP contribution in [0.3, 0.4) is 0 Å². The SMILES string of the molecule is CCN(CCC(=O)Nc1cc(Cl)ccc1Cl)C[C@H]1COc2ccccc2O1. The van der Waals surface area contributed by atoms with Gasteiger partial charge in [-0.1, -0.05) is 42.3 Å². The van der Waals surface area contributed by atoms with Crippen LogP contribution in [0.5, 0.6) is 11.5 Å². The van der Waals surface area contributed by atoms with Crippen LogP contribution in [-0.2, 0) is 4.79 Å². The van der Waals surface area contributed by atoms with Crippen molar-refractivity contribution in [3.05, 3.63) is 52.5 Å². The van der Waals surface area contributed by atoms with E-state index in [2.05, 4.69) is 17.1 Å². The van der Waals surface area contributed by atoms with Gasteiger partial charge in [0.2, 0.25) is 5.91 Å². The number of amides is 1. The molecule has 2 aromatic carbocycles. The highest BCUT2D eigenvalue weighted by atomic mass is 35.5. The Morgan fingerprint density at radius 1 is 1.22 bits per heavy atom. The molecule has 2 aromatic rings. The number of likely N-dealkylation sites (N-methyl/N-ethyl adjacent to an activating group) is 1. The molecule has 5 nitrogen and oxygen atoms in total. The number of rotatable bonds is 7. The summed E-state index contributed by atoms with van der Waals surface area (Å²) >= 11 is 12.0. The van der Waals surface area contributed by atoms with E-state index in [1.54, 1.807) is 18.2 Å². The lowest BCUT2D eigenvalue weighted by molar-refractivity contribution is -0.116. The van der Waals surface area contributed by atoms with Crippen LogP contribution in [-0.4, -0.2) is 43.2 Å². The number of para-hydroxylation sites is 2. The number of ether oxygens (including phenoxy) is 2. The number of hydrogen-bond donors (Lipinski definition) is 1. The number of benzene rings is 2. The zero-order valence-electron chi connectivity index (χ0n) is 15.1. The molecule has 3 rings (SSSR count). The van der Waals surface area contributed by atoms with Gasteiger partial charge in [0.05, 0.1) is 10.7 Å². The summed E-state index contributed by atoms with van der Waals surface area (Å²) in [5.41, 5.74) is 0.526. The maximum atomic E-state index is 12.3. The average molecular weight is 409 g/mol. The zero-order chi connectivity index (χ0) is 19.2. The standard InChI is InChI=1S/C20H22Cl2N2O3/c1-2-24(12-15-13-26-18-5-3-4-6-19(18)27-15)10-9-20(25)23-17-11-14(21)7-8-16(17)22/h3-8,11,15H,2,9-10,12-13H2,1H3,(H,23,25)/t15-/m0/s1. The first kappa shape index (κ1) is 19.8. The first-order chi connectivity index (χ1) is 13.0. The first-order valence-corrected chi connectivity index (χ1v) is 9.66. The lowest BCUT2D eigenvalue weighted by Gasteiger charge is -2.30.